The predicted molar refractivity (Wildman–Crippen MR) is 75.9 cm³/mol. The van der Waals surface area contributed by atoms with Crippen molar-refractivity contribution in [2.45, 2.75) is 39.2 Å². The Bertz CT molecular complexity index is 494. The maximum absolute atomic E-state index is 12.0. The summed E-state index contributed by atoms with van der Waals surface area (Å²) < 4.78 is 5.78. The molecule has 0 bridgehead atoms. The summed E-state index contributed by atoms with van der Waals surface area (Å²) in [5.74, 6) is -0.641. The van der Waals surface area contributed by atoms with Crippen molar-refractivity contribution >= 4 is 11.9 Å². The number of carboxylic acid groups (broad SMARTS) is 1. The second-order valence-electron chi connectivity index (χ2n) is 5.38. The zero-order valence-corrected chi connectivity index (χ0v) is 12.3. The lowest BCUT2D eigenvalue weighted by Gasteiger charge is -2.27. The van der Waals surface area contributed by atoms with Gasteiger partial charge in [0.2, 0.25) is 0 Å². The SMILES string of the molecule is CC(C)c1ccccc1OC(C)(C)C(=O)NCC(=O)O. The molecule has 0 aliphatic heterocycles. The normalized spacial score (nSPS) is 11.2. The molecule has 5 heteroatoms. The Morgan fingerprint density at radius 2 is 1.90 bits per heavy atom. The summed E-state index contributed by atoms with van der Waals surface area (Å²) in [6.45, 7) is 6.89. The van der Waals surface area contributed by atoms with Gasteiger partial charge in [-0.05, 0) is 31.4 Å². The molecule has 0 unspecified atom stereocenters. The molecule has 5 nitrogen and oxygen atoms in total. The molecule has 0 aromatic heterocycles. The number of aliphatic carboxylic acids is 1. The standard InChI is InChI=1S/C15H21NO4/c1-10(2)11-7-5-6-8-12(11)20-15(3,4)14(19)16-9-13(17)18/h5-8,10H,9H2,1-4H3,(H,16,19)(H,17,18). The second kappa shape index (κ2) is 6.41. The first-order valence-electron chi connectivity index (χ1n) is 6.52. The molecule has 0 fully saturated rings. The Morgan fingerprint density at radius 3 is 2.45 bits per heavy atom. The van der Waals surface area contributed by atoms with Crippen LogP contribution >= 0.6 is 0 Å². The number of hydrogen-bond donors (Lipinski definition) is 2. The van der Waals surface area contributed by atoms with Crippen LogP contribution < -0.4 is 10.1 Å². The Hall–Kier alpha value is -2.04. The van der Waals surface area contributed by atoms with Gasteiger partial charge in [-0.15, -0.1) is 0 Å². The van der Waals surface area contributed by atoms with Gasteiger partial charge < -0.3 is 15.2 Å². The Balaban J connectivity index is 2.85. The average molecular weight is 279 g/mol. The highest BCUT2D eigenvalue weighted by Gasteiger charge is 2.31. The third kappa shape index (κ3) is 4.26. The molecular weight excluding hydrogens is 258 g/mol. The van der Waals surface area contributed by atoms with E-state index in [1.165, 1.54) is 0 Å². The molecule has 0 spiro atoms. The van der Waals surface area contributed by atoms with Crippen LogP contribution in [0.5, 0.6) is 5.75 Å². The van der Waals surface area contributed by atoms with Gasteiger partial charge in [0.25, 0.3) is 5.91 Å². The number of carbonyl (C=O) groups excluding carboxylic acids is 1. The lowest BCUT2D eigenvalue weighted by atomic mass is 10.0. The maximum Gasteiger partial charge on any atom is 0.322 e. The number of nitrogens with one attached hydrogen (secondary N) is 1. The van der Waals surface area contributed by atoms with Crippen molar-refractivity contribution in [2.24, 2.45) is 0 Å². The summed E-state index contributed by atoms with van der Waals surface area (Å²) >= 11 is 0. The molecule has 0 heterocycles. The van der Waals surface area contributed by atoms with Crippen LogP contribution in [-0.2, 0) is 9.59 Å². The third-order valence-corrected chi connectivity index (χ3v) is 2.85. The van der Waals surface area contributed by atoms with Crippen molar-refractivity contribution in [3.63, 3.8) is 0 Å². The maximum atomic E-state index is 12.0. The summed E-state index contributed by atoms with van der Waals surface area (Å²) in [5.41, 5.74) is -0.132. The van der Waals surface area contributed by atoms with Gasteiger partial charge in [-0.25, -0.2) is 0 Å². The van der Waals surface area contributed by atoms with Crippen molar-refractivity contribution in [3.8, 4) is 5.75 Å². The summed E-state index contributed by atoms with van der Waals surface area (Å²) in [6, 6.07) is 7.51. The quantitative estimate of drug-likeness (QED) is 0.836. The van der Waals surface area contributed by atoms with Crippen LogP contribution in [0, 0.1) is 0 Å². The zero-order valence-electron chi connectivity index (χ0n) is 12.3. The number of rotatable bonds is 6. The van der Waals surface area contributed by atoms with Crippen LogP contribution in [0.1, 0.15) is 39.2 Å². The summed E-state index contributed by atoms with van der Waals surface area (Å²) in [5, 5.41) is 10.9. The van der Waals surface area contributed by atoms with E-state index in [0.29, 0.717) is 5.75 Å². The highest BCUT2D eigenvalue weighted by Crippen LogP contribution is 2.29. The minimum absolute atomic E-state index is 0.268. The number of ether oxygens (including phenoxy) is 1. The van der Waals surface area contributed by atoms with Crippen LogP contribution in [0.15, 0.2) is 24.3 Å². The van der Waals surface area contributed by atoms with E-state index in [0.717, 1.165) is 5.56 Å². The fourth-order valence-corrected chi connectivity index (χ4v) is 1.74. The molecule has 0 aliphatic carbocycles. The number of carbonyl (C=O) groups is 2. The van der Waals surface area contributed by atoms with Crippen molar-refractivity contribution in [1.82, 2.24) is 5.32 Å². The van der Waals surface area contributed by atoms with Gasteiger partial charge >= 0.3 is 5.97 Å². The van der Waals surface area contributed by atoms with Gasteiger partial charge in [-0.2, -0.15) is 0 Å². The molecular formula is C15H21NO4. The fraction of sp³-hybridized carbons (Fsp3) is 0.467. The molecule has 110 valence electrons. The third-order valence-electron chi connectivity index (χ3n) is 2.85. The van der Waals surface area contributed by atoms with Gasteiger partial charge in [-0.1, -0.05) is 32.0 Å². The smallest absolute Gasteiger partial charge is 0.322 e. The van der Waals surface area contributed by atoms with E-state index in [1.54, 1.807) is 13.8 Å². The summed E-state index contributed by atoms with van der Waals surface area (Å²) in [6.07, 6.45) is 0. The van der Waals surface area contributed by atoms with Crippen molar-refractivity contribution in [1.29, 1.82) is 0 Å². The minimum atomic E-state index is -1.14. The van der Waals surface area contributed by atoms with Crippen LogP contribution in [0.25, 0.3) is 0 Å². The number of benzene rings is 1. The lowest BCUT2D eigenvalue weighted by Crippen LogP contribution is -2.48. The van der Waals surface area contributed by atoms with E-state index < -0.39 is 24.0 Å². The molecule has 2 N–H and O–H groups in total. The Kier molecular flexibility index (Phi) is 5.13. The van der Waals surface area contributed by atoms with Gasteiger partial charge in [0, 0.05) is 0 Å². The van der Waals surface area contributed by atoms with Gasteiger partial charge in [-0.3, -0.25) is 9.59 Å². The lowest BCUT2D eigenvalue weighted by molar-refractivity contribution is -0.141. The average Bonchev–Trinajstić information content (AvgIpc) is 2.35. The van der Waals surface area contributed by atoms with Crippen LogP contribution in [0.2, 0.25) is 0 Å². The van der Waals surface area contributed by atoms with E-state index in [9.17, 15) is 9.59 Å². The highest BCUT2D eigenvalue weighted by atomic mass is 16.5. The van der Waals surface area contributed by atoms with Gasteiger partial charge in [0.15, 0.2) is 5.60 Å². The molecule has 1 aromatic rings. The number of para-hydroxylation sites is 1. The Labute approximate surface area is 118 Å². The number of hydrogen-bond acceptors (Lipinski definition) is 3. The molecule has 0 saturated heterocycles. The molecule has 1 rings (SSSR count). The van der Waals surface area contributed by atoms with Gasteiger partial charge in [0.1, 0.15) is 12.3 Å². The van der Waals surface area contributed by atoms with E-state index in [2.05, 4.69) is 5.32 Å². The molecule has 0 radical (unpaired) electrons. The molecule has 0 saturated carbocycles. The summed E-state index contributed by atoms with van der Waals surface area (Å²) in [7, 11) is 0. The van der Waals surface area contributed by atoms with Crippen molar-refractivity contribution in [2.75, 3.05) is 6.54 Å². The molecule has 0 atom stereocenters. The first kappa shape index (κ1) is 16.0. The van der Waals surface area contributed by atoms with Crippen LogP contribution in [0.4, 0.5) is 0 Å². The Morgan fingerprint density at radius 1 is 1.30 bits per heavy atom. The van der Waals surface area contributed by atoms with E-state index >= 15 is 0 Å². The highest BCUT2D eigenvalue weighted by molar-refractivity contribution is 5.87. The van der Waals surface area contributed by atoms with Crippen LogP contribution in [-0.4, -0.2) is 29.1 Å². The first-order valence-corrected chi connectivity index (χ1v) is 6.52. The van der Waals surface area contributed by atoms with E-state index in [4.69, 9.17) is 9.84 Å². The topological polar surface area (TPSA) is 75.6 Å². The monoisotopic (exact) mass is 279 g/mol. The second-order valence-corrected chi connectivity index (χ2v) is 5.38. The molecule has 0 aliphatic rings. The van der Waals surface area contributed by atoms with Crippen molar-refractivity contribution < 1.29 is 19.4 Å². The van der Waals surface area contributed by atoms with E-state index in [-0.39, 0.29) is 5.92 Å². The van der Waals surface area contributed by atoms with Crippen molar-refractivity contribution in [3.05, 3.63) is 29.8 Å². The summed E-state index contributed by atoms with van der Waals surface area (Å²) in [4.78, 5) is 22.4. The number of amides is 1. The molecule has 20 heavy (non-hydrogen) atoms. The first-order chi connectivity index (χ1) is 9.24. The van der Waals surface area contributed by atoms with Gasteiger partial charge in [0.05, 0.1) is 0 Å². The predicted octanol–water partition coefficient (Wildman–Crippen LogP) is 2.17. The number of carboxylic acids is 1. The van der Waals surface area contributed by atoms with E-state index in [1.807, 2.05) is 38.1 Å². The van der Waals surface area contributed by atoms with Crippen LogP contribution in [0.3, 0.4) is 0 Å². The minimum Gasteiger partial charge on any atom is -0.480 e. The largest absolute Gasteiger partial charge is 0.480 e. The molecule has 1 amide bonds. The zero-order chi connectivity index (χ0) is 15.3. The molecule has 1 aromatic carbocycles. The fourth-order valence-electron chi connectivity index (χ4n) is 1.74.